The number of quaternary nitrogens is 1. The van der Waals surface area contributed by atoms with Gasteiger partial charge in [-0.1, -0.05) is 18.5 Å². The largest absolute Gasteiger partial charge is 0.630 e. The van der Waals surface area contributed by atoms with Gasteiger partial charge < -0.3 is 16.2 Å². The van der Waals surface area contributed by atoms with Crippen LogP contribution < -0.4 is 5.48 Å². The molecule has 0 unspecified atom stereocenters. The Morgan fingerprint density at radius 2 is 2.25 bits per heavy atom. The Morgan fingerprint density at radius 1 is 1.58 bits per heavy atom. The third-order valence-corrected chi connectivity index (χ3v) is 1.65. The summed E-state index contributed by atoms with van der Waals surface area (Å²) >= 11 is 5.63. The highest BCUT2D eigenvalue weighted by molar-refractivity contribution is 6.29. The third-order valence-electron chi connectivity index (χ3n) is 1.44. The standard InChI is InChI=1S/C7H9ClN2O.H2O/c1-2-5-6(10-11)3-4-7(8)9-5;/h3-4H,2,10H2,1H3;1H2. The van der Waals surface area contributed by atoms with Gasteiger partial charge in [0.05, 0.1) is 0 Å². The predicted molar refractivity (Wildman–Crippen MR) is 47.2 cm³/mol. The van der Waals surface area contributed by atoms with Gasteiger partial charge in [-0.15, -0.1) is 0 Å². The predicted octanol–water partition coefficient (Wildman–Crippen LogP) is 0.165. The lowest BCUT2D eigenvalue weighted by molar-refractivity contribution is -0.498. The first-order valence-corrected chi connectivity index (χ1v) is 3.76. The molecule has 0 aromatic carbocycles. The zero-order valence-corrected chi connectivity index (χ0v) is 7.43. The molecule has 0 amide bonds. The molecule has 0 bridgehead atoms. The van der Waals surface area contributed by atoms with Crippen LogP contribution in [0.25, 0.3) is 0 Å². The lowest BCUT2D eigenvalue weighted by Gasteiger charge is -2.05. The average molecular weight is 191 g/mol. The molecule has 0 radical (unpaired) electrons. The molecule has 0 saturated heterocycles. The van der Waals surface area contributed by atoms with Crippen molar-refractivity contribution in [3.05, 3.63) is 28.2 Å². The maximum atomic E-state index is 10.4. The molecule has 0 aliphatic heterocycles. The molecule has 0 aliphatic rings. The average Bonchev–Trinajstić information content (AvgIpc) is 2.04. The molecule has 4 nitrogen and oxygen atoms in total. The van der Waals surface area contributed by atoms with Crippen LogP contribution in [0.3, 0.4) is 0 Å². The van der Waals surface area contributed by atoms with Gasteiger partial charge >= 0.3 is 0 Å². The van der Waals surface area contributed by atoms with E-state index < -0.39 is 0 Å². The van der Waals surface area contributed by atoms with E-state index in [4.69, 9.17) is 11.6 Å². The second kappa shape index (κ2) is 5.05. The number of pyridine rings is 1. The Labute approximate surface area is 75.5 Å². The van der Waals surface area contributed by atoms with Crippen molar-refractivity contribution in [1.82, 2.24) is 4.98 Å². The summed E-state index contributed by atoms with van der Waals surface area (Å²) in [5, 5.41) is 10.9. The lowest BCUT2D eigenvalue weighted by Crippen LogP contribution is -2.70. The first-order valence-electron chi connectivity index (χ1n) is 3.38. The maximum Gasteiger partial charge on any atom is 0.151 e. The van der Waals surface area contributed by atoms with Gasteiger partial charge in [-0.2, -0.15) is 0 Å². The molecule has 0 aliphatic carbocycles. The molecule has 68 valence electrons. The molecule has 5 heteroatoms. The summed E-state index contributed by atoms with van der Waals surface area (Å²) < 4.78 is 0. The van der Waals surface area contributed by atoms with E-state index in [9.17, 15) is 5.21 Å². The van der Waals surface area contributed by atoms with Crippen molar-refractivity contribution in [1.29, 1.82) is 0 Å². The van der Waals surface area contributed by atoms with Gasteiger partial charge in [0.1, 0.15) is 10.8 Å². The van der Waals surface area contributed by atoms with Gasteiger partial charge in [0.2, 0.25) is 0 Å². The Morgan fingerprint density at radius 3 is 2.75 bits per heavy atom. The molecule has 0 saturated carbocycles. The summed E-state index contributed by atoms with van der Waals surface area (Å²) in [5.41, 5.74) is 2.17. The minimum Gasteiger partial charge on any atom is -0.630 e. The number of aryl methyl sites for hydroxylation is 1. The first kappa shape index (κ1) is 11.3. The number of hydrogen-bond donors (Lipinski definition) is 1. The van der Waals surface area contributed by atoms with Crippen LogP contribution in [0.2, 0.25) is 5.15 Å². The minimum absolute atomic E-state index is 0. The fourth-order valence-electron chi connectivity index (χ4n) is 0.876. The lowest BCUT2D eigenvalue weighted by atomic mass is 10.2. The van der Waals surface area contributed by atoms with E-state index in [2.05, 4.69) is 4.98 Å². The summed E-state index contributed by atoms with van der Waals surface area (Å²) in [4.78, 5) is 4.00. The minimum atomic E-state index is 0. The molecule has 0 spiro atoms. The van der Waals surface area contributed by atoms with Gasteiger partial charge in [-0.05, 0) is 12.5 Å². The summed E-state index contributed by atoms with van der Waals surface area (Å²) in [7, 11) is 0. The quantitative estimate of drug-likeness (QED) is 0.533. The van der Waals surface area contributed by atoms with E-state index in [1.165, 1.54) is 0 Å². The Balaban J connectivity index is 0.00000121. The fourth-order valence-corrected chi connectivity index (χ4v) is 1.04. The summed E-state index contributed by atoms with van der Waals surface area (Å²) in [5.74, 6) is 0. The van der Waals surface area contributed by atoms with Crippen molar-refractivity contribution in [3.63, 3.8) is 0 Å². The number of aromatic nitrogens is 1. The summed E-state index contributed by atoms with van der Waals surface area (Å²) in [6.07, 6.45) is 0.731. The Kier molecular flexibility index (Phi) is 4.77. The maximum absolute atomic E-state index is 10.4. The van der Waals surface area contributed by atoms with Crippen LogP contribution in [0.5, 0.6) is 0 Å². The third kappa shape index (κ3) is 2.42. The summed E-state index contributed by atoms with van der Waals surface area (Å²) in [6, 6.07) is 3.30. The second-order valence-corrected chi connectivity index (χ2v) is 2.53. The van der Waals surface area contributed by atoms with E-state index in [0.717, 1.165) is 17.6 Å². The van der Waals surface area contributed by atoms with Gasteiger partial charge in [-0.3, -0.25) is 0 Å². The Hall–Kier alpha value is -0.680. The monoisotopic (exact) mass is 190 g/mol. The number of hydrogen-bond acceptors (Lipinski definition) is 2. The van der Waals surface area contributed by atoms with Crippen LogP contribution in [-0.2, 0) is 6.42 Å². The molecule has 0 atom stereocenters. The molecule has 1 heterocycles. The molecule has 1 rings (SSSR count). The van der Waals surface area contributed by atoms with E-state index in [0.29, 0.717) is 10.8 Å². The smallest absolute Gasteiger partial charge is 0.151 e. The number of nitrogens with two attached hydrogens (primary N) is 1. The SMILES string of the molecule is CCc1nc(Cl)ccc1[NH2+][O-].O. The van der Waals surface area contributed by atoms with Crippen molar-refractivity contribution < 1.29 is 11.0 Å². The zero-order valence-electron chi connectivity index (χ0n) is 6.67. The zero-order chi connectivity index (χ0) is 8.27. The number of nitrogens with zero attached hydrogens (tertiary/aromatic N) is 1. The van der Waals surface area contributed by atoms with Gasteiger partial charge in [0.25, 0.3) is 0 Å². The molecule has 1 aromatic rings. The molecule has 4 N–H and O–H groups in total. The molecule has 12 heavy (non-hydrogen) atoms. The highest BCUT2D eigenvalue weighted by Gasteiger charge is 2.02. The van der Waals surface area contributed by atoms with Crippen LogP contribution in [0.4, 0.5) is 5.69 Å². The van der Waals surface area contributed by atoms with Crippen molar-refractivity contribution in [2.75, 3.05) is 0 Å². The van der Waals surface area contributed by atoms with E-state index >= 15 is 0 Å². The van der Waals surface area contributed by atoms with Gasteiger partial charge in [0, 0.05) is 6.07 Å². The van der Waals surface area contributed by atoms with Crippen molar-refractivity contribution in [2.45, 2.75) is 13.3 Å². The fraction of sp³-hybridized carbons (Fsp3) is 0.286. The number of rotatable bonds is 2. The van der Waals surface area contributed by atoms with Crippen molar-refractivity contribution in [2.24, 2.45) is 0 Å². The molecule has 1 aromatic heterocycles. The van der Waals surface area contributed by atoms with E-state index in [1.54, 1.807) is 12.1 Å². The second-order valence-electron chi connectivity index (χ2n) is 2.14. The van der Waals surface area contributed by atoms with E-state index in [1.807, 2.05) is 6.92 Å². The van der Waals surface area contributed by atoms with Gasteiger partial charge in [0.15, 0.2) is 5.69 Å². The van der Waals surface area contributed by atoms with Crippen LogP contribution in [0, 0.1) is 5.21 Å². The normalized spacial score (nSPS) is 9.25. The molecule has 0 fully saturated rings. The van der Waals surface area contributed by atoms with Crippen LogP contribution in [0.1, 0.15) is 12.6 Å². The topological polar surface area (TPSA) is 84.1 Å². The summed E-state index contributed by atoms with van der Waals surface area (Å²) in [6.45, 7) is 1.94. The van der Waals surface area contributed by atoms with Crippen molar-refractivity contribution in [3.8, 4) is 0 Å². The van der Waals surface area contributed by atoms with Crippen LogP contribution in [0.15, 0.2) is 12.1 Å². The molecular weight excluding hydrogens is 180 g/mol. The first-order chi connectivity index (χ1) is 5.27. The van der Waals surface area contributed by atoms with Crippen LogP contribution in [-0.4, -0.2) is 10.5 Å². The molecular formula is C7H11ClN2O2. The Bertz CT molecular complexity index is 255. The van der Waals surface area contributed by atoms with Crippen molar-refractivity contribution >= 4 is 17.3 Å². The number of halogens is 1. The van der Waals surface area contributed by atoms with Crippen LogP contribution >= 0.6 is 11.6 Å². The highest BCUT2D eigenvalue weighted by atomic mass is 35.5. The van der Waals surface area contributed by atoms with Gasteiger partial charge in [-0.25, -0.2) is 4.98 Å². The van der Waals surface area contributed by atoms with E-state index in [-0.39, 0.29) is 5.48 Å². The highest BCUT2D eigenvalue weighted by Crippen LogP contribution is 2.12.